The highest BCUT2D eigenvalue weighted by molar-refractivity contribution is 6.17. The first-order chi connectivity index (χ1) is 14.8. The zero-order valence-electron chi connectivity index (χ0n) is 19.4. The molecule has 168 valence electrons. The van der Waals surface area contributed by atoms with Crippen LogP contribution >= 0.6 is 11.6 Å². The van der Waals surface area contributed by atoms with Crippen molar-refractivity contribution in [3.8, 4) is 11.3 Å². The third-order valence-electron chi connectivity index (χ3n) is 8.55. The molecule has 2 aliphatic carbocycles. The average Bonchev–Trinajstić information content (AvgIpc) is 3.26. The van der Waals surface area contributed by atoms with E-state index in [4.69, 9.17) is 16.7 Å². The van der Waals surface area contributed by atoms with E-state index in [9.17, 15) is 4.79 Å². The molecule has 1 aromatic carbocycles. The monoisotopic (exact) mass is 441 g/mol. The maximum atomic E-state index is 13.4. The van der Waals surface area contributed by atoms with Gasteiger partial charge in [0.05, 0.1) is 5.69 Å². The molecule has 2 saturated carbocycles. The maximum absolute atomic E-state index is 13.4. The minimum atomic E-state index is -0.0243. The van der Waals surface area contributed by atoms with Crippen LogP contribution in [-0.4, -0.2) is 27.6 Å². The van der Waals surface area contributed by atoms with Gasteiger partial charge in [-0.25, -0.2) is 0 Å². The number of amides is 1. The Bertz CT molecular complexity index is 936. The van der Waals surface area contributed by atoms with E-state index in [1.165, 1.54) is 12.8 Å². The van der Waals surface area contributed by atoms with Gasteiger partial charge >= 0.3 is 0 Å². The number of halogens is 1. The number of nitrogens with one attached hydrogen (secondary N) is 1. The molecule has 0 aliphatic heterocycles. The molecule has 1 amide bonds. The van der Waals surface area contributed by atoms with Crippen molar-refractivity contribution in [1.82, 2.24) is 15.1 Å². The Morgan fingerprint density at radius 2 is 1.94 bits per heavy atom. The fourth-order valence-electron chi connectivity index (χ4n) is 6.07. The minimum absolute atomic E-state index is 0.0243. The number of carbonyl (C=O) groups is 1. The molecule has 0 spiro atoms. The summed E-state index contributed by atoms with van der Waals surface area (Å²) in [5, 5.41) is 8.22. The number of fused-ring (bicyclic) bond motifs is 2. The van der Waals surface area contributed by atoms with E-state index in [1.54, 1.807) is 0 Å². The number of aryl methyl sites for hydroxylation is 1. The maximum Gasteiger partial charge on any atom is 0.272 e. The van der Waals surface area contributed by atoms with E-state index >= 15 is 0 Å². The van der Waals surface area contributed by atoms with Gasteiger partial charge < -0.3 is 5.32 Å². The van der Waals surface area contributed by atoms with E-state index in [0.717, 1.165) is 49.0 Å². The van der Waals surface area contributed by atoms with E-state index in [-0.39, 0.29) is 22.8 Å². The van der Waals surface area contributed by atoms with Crippen LogP contribution in [-0.2, 0) is 6.54 Å². The third kappa shape index (κ3) is 3.82. The summed E-state index contributed by atoms with van der Waals surface area (Å²) in [6.07, 6.45) is 6.63. The van der Waals surface area contributed by atoms with Gasteiger partial charge in [-0.15, -0.1) is 11.6 Å². The second-order valence-corrected chi connectivity index (χ2v) is 10.7. The second-order valence-electron chi connectivity index (χ2n) is 10.3. The number of carbonyl (C=O) groups excluding carboxylic acids is 1. The Hall–Kier alpha value is -1.81. The van der Waals surface area contributed by atoms with E-state index in [1.807, 2.05) is 29.8 Å². The van der Waals surface area contributed by atoms with Crippen molar-refractivity contribution in [1.29, 1.82) is 0 Å². The zero-order valence-corrected chi connectivity index (χ0v) is 20.1. The van der Waals surface area contributed by atoms with Crippen LogP contribution in [0.4, 0.5) is 0 Å². The normalized spacial score (nSPS) is 26.4. The first-order valence-electron chi connectivity index (χ1n) is 11.8. The number of alkyl halides is 1. The van der Waals surface area contributed by atoms with Gasteiger partial charge in [-0.05, 0) is 55.8 Å². The fraction of sp³-hybridized carbons (Fsp3) is 0.615. The molecule has 2 aliphatic rings. The molecular weight excluding hydrogens is 406 g/mol. The van der Waals surface area contributed by atoms with E-state index in [2.05, 4.69) is 38.2 Å². The van der Waals surface area contributed by atoms with Crippen LogP contribution in [0.25, 0.3) is 11.3 Å². The highest BCUT2D eigenvalue weighted by Gasteiger charge is 2.61. The number of hydrogen-bond donors (Lipinski definition) is 1. The van der Waals surface area contributed by atoms with Gasteiger partial charge in [0.1, 0.15) is 0 Å². The second kappa shape index (κ2) is 8.61. The SMILES string of the molecule is Cc1c(C(=O)NC2CC3CCC2(C)C3(C)C)nn(CCCCCCl)c1-c1ccccc1. The predicted molar refractivity (Wildman–Crippen MR) is 127 cm³/mol. The molecule has 0 radical (unpaired) electrons. The molecule has 3 atom stereocenters. The summed E-state index contributed by atoms with van der Waals surface area (Å²) in [5.74, 6) is 1.36. The van der Waals surface area contributed by atoms with Crippen molar-refractivity contribution in [3.63, 3.8) is 0 Å². The summed E-state index contributed by atoms with van der Waals surface area (Å²) in [5.41, 5.74) is 4.13. The van der Waals surface area contributed by atoms with Gasteiger partial charge in [-0.2, -0.15) is 5.10 Å². The zero-order chi connectivity index (χ0) is 22.2. The fourth-order valence-corrected chi connectivity index (χ4v) is 6.26. The van der Waals surface area contributed by atoms with Crippen LogP contribution in [0.2, 0.25) is 0 Å². The predicted octanol–water partition coefficient (Wildman–Crippen LogP) is 6.21. The Balaban J connectivity index is 1.59. The Morgan fingerprint density at radius 1 is 1.19 bits per heavy atom. The lowest BCUT2D eigenvalue weighted by Gasteiger charge is -2.39. The first kappa shape index (κ1) is 22.4. The van der Waals surface area contributed by atoms with Gasteiger partial charge in [0.25, 0.3) is 5.91 Å². The van der Waals surface area contributed by atoms with E-state index < -0.39 is 0 Å². The summed E-state index contributed by atoms with van der Waals surface area (Å²) in [6.45, 7) is 9.95. The first-order valence-corrected chi connectivity index (χ1v) is 12.3. The van der Waals surface area contributed by atoms with Crippen molar-refractivity contribution in [3.05, 3.63) is 41.6 Å². The molecule has 2 bridgehead atoms. The summed E-state index contributed by atoms with van der Waals surface area (Å²) in [7, 11) is 0. The van der Waals surface area contributed by atoms with Crippen molar-refractivity contribution in [2.75, 3.05) is 5.88 Å². The highest BCUT2D eigenvalue weighted by Crippen LogP contribution is 2.65. The molecule has 1 heterocycles. The van der Waals surface area contributed by atoms with Crippen molar-refractivity contribution in [2.45, 2.75) is 78.8 Å². The highest BCUT2D eigenvalue weighted by atomic mass is 35.5. The van der Waals surface area contributed by atoms with Crippen LogP contribution in [0.15, 0.2) is 30.3 Å². The Morgan fingerprint density at radius 3 is 2.55 bits per heavy atom. The molecule has 4 rings (SSSR count). The van der Waals surface area contributed by atoms with Crippen LogP contribution in [0.1, 0.15) is 75.3 Å². The standard InChI is InChI=1S/C26H36ClN3O/c1-18-22(24(31)28-21-17-20-13-14-26(21,4)25(20,2)3)29-30(16-10-6-9-15-27)23(18)19-11-7-5-8-12-19/h5,7-8,11-12,20-21H,6,9-10,13-17H2,1-4H3,(H,28,31). The van der Waals surface area contributed by atoms with Crippen molar-refractivity contribution < 1.29 is 4.79 Å². The number of aromatic nitrogens is 2. The molecule has 31 heavy (non-hydrogen) atoms. The third-order valence-corrected chi connectivity index (χ3v) is 8.82. The largest absolute Gasteiger partial charge is 0.347 e. The lowest BCUT2D eigenvalue weighted by Crippen LogP contribution is -2.47. The number of rotatable bonds is 8. The minimum Gasteiger partial charge on any atom is -0.347 e. The van der Waals surface area contributed by atoms with Crippen LogP contribution in [0.3, 0.4) is 0 Å². The lowest BCUT2D eigenvalue weighted by atomic mass is 9.69. The molecule has 0 saturated heterocycles. The number of benzene rings is 1. The van der Waals surface area contributed by atoms with E-state index in [0.29, 0.717) is 17.5 Å². The quantitative estimate of drug-likeness (QED) is 0.390. The molecular formula is C26H36ClN3O. The van der Waals surface area contributed by atoms with Gasteiger partial charge in [0.2, 0.25) is 0 Å². The van der Waals surface area contributed by atoms with Gasteiger partial charge in [0.15, 0.2) is 5.69 Å². The number of hydrogen-bond acceptors (Lipinski definition) is 2. The Labute approximate surface area is 191 Å². The molecule has 5 heteroatoms. The summed E-state index contributed by atoms with van der Waals surface area (Å²) in [4.78, 5) is 13.4. The number of nitrogens with zero attached hydrogens (tertiary/aromatic N) is 2. The average molecular weight is 442 g/mol. The molecule has 2 aromatic rings. The summed E-state index contributed by atoms with van der Waals surface area (Å²) in [6, 6.07) is 10.5. The van der Waals surface area contributed by atoms with Crippen LogP contribution < -0.4 is 5.32 Å². The van der Waals surface area contributed by atoms with Gasteiger partial charge in [-0.1, -0.05) is 57.5 Å². The van der Waals surface area contributed by atoms with Crippen molar-refractivity contribution in [2.24, 2.45) is 16.7 Å². The lowest BCUT2D eigenvalue weighted by molar-refractivity contribution is 0.0820. The molecule has 1 N–H and O–H groups in total. The van der Waals surface area contributed by atoms with Crippen LogP contribution in [0, 0.1) is 23.7 Å². The van der Waals surface area contributed by atoms with Crippen molar-refractivity contribution >= 4 is 17.5 Å². The van der Waals surface area contributed by atoms with Crippen LogP contribution in [0.5, 0.6) is 0 Å². The summed E-state index contributed by atoms with van der Waals surface area (Å²) < 4.78 is 2.03. The smallest absolute Gasteiger partial charge is 0.272 e. The van der Waals surface area contributed by atoms with Gasteiger partial charge in [0, 0.05) is 29.6 Å². The molecule has 3 unspecified atom stereocenters. The molecule has 4 nitrogen and oxygen atoms in total. The topological polar surface area (TPSA) is 46.9 Å². The molecule has 2 fully saturated rings. The molecule has 1 aromatic heterocycles. The number of unbranched alkanes of at least 4 members (excludes halogenated alkanes) is 2. The van der Waals surface area contributed by atoms with Gasteiger partial charge in [-0.3, -0.25) is 9.48 Å². The summed E-state index contributed by atoms with van der Waals surface area (Å²) >= 11 is 5.85. The Kier molecular flexibility index (Phi) is 6.22.